The zero-order valence-corrected chi connectivity index (χ0v) is 10.1. The Hall–Kier alpha value is -1.10. The summed E-state index contributed by atoms with van der Waals surface area (Å²) in [5.74, 6) is -0.785. The van der Waals surface area contributed by atoms with Crippen molar-refractivity contribution in [3.63, 3.8) is 0 Å². The average molecular weight is 228 g/mol. The first-order chi connectivity index (χ1) is 7.47. The van der Waals surface area contributed by atoms with Gasteiger partial charge in [0.15, 0.2) is 0 Å². The van der Waals surface area contributed by atoms with Gasteiger partial charge in [-0.05, 0) is 27.3 Å². The minimum atomic E-state index is -0.845. The molecule has 1 saturated heterocycles. The van der Waals surface area contributed by atoms with Gasteiger partial charge >= 0.3 is 5.97 Å². The van der Waals surface area contributed by atoms with Crippen molar-refractivity contribution in [2.24, 2.45) is 0 Å². The van der Waals surface area contributed by atoms with Crippen LogP contribution in [0.1, 0.15) is 26.7 Å². The number of carbonyl (C=O) groups is 2. The molecule has 0 radical (unpaired) electrons. The Balaban J connectivity index is 2.69. The summed E-state index contributed by atoms with van der Waals surface area (Å²) in [6, 6.07) is 0.0104. The lowest BCUT2D eigenvalue weighted by Gasteiger charge is -2.42. The molecule has 5 heteroatoms. The second kappa shape index (κ2) is 5.30. The molecule has 16 heavy (non-hydrogen) atoms. The number of carbonyl (C=O) groups excluding carboxylic acids is 1. The van der Waals surface area contributed by atoms with Gasteiger partial charge in [0.1, 0.15) is 0 Å². The quantitative estimate of drug-likeness (QED) is 0.756. The molecule has 0 aromatic rings. The van der Waals surface area contributed by atoms with E-state index in [0.29, 0.717) is 13.0 Å². The Morgan fingerprint density at radius 2 is 2.19 bits per heavy atom. The van der Waals surface area contributed by atoms with Gasteiger partial charge in [-0.1, -0.05) is 0 Å². The summed E-state index contributed by atoms with van der Waals surface area (Å²) >= 11 is 0. The Kier molecular flexibility index (Phi) is 4.29. The number of rotatable bonds is 4. The van der Waals surface area contributed by atoms with Crippen molar-refractivity contribution in [2.45, 2.75) is 38.8 Å². The second-order valence-corrected chi connectivity index (χ2v) is 4.34. The number of piperazine rings is 1. The lowest BCUT2D eigenvalue weighted by Crippen LogP contribution is -2.59. The fourth-order valence-electron chi connectivity index (χ4n) is 2.10. The first-order valence-electron chi connectivity index (χ1n) is 5.69. The standard InChI is InChI=1S/C11H20N2O3/c1-4-13-7-8(2)12(3)9(11(13)16)5-6-10(14)15/h8-9H,4-7H2,1-3H3,(H,14,15). The van der Waals surface area contributed by atoms with Crippen LogP contribution in [0.25, 0.3) is 0 Å². The highest BCUT2D eigenvalue weighted by molar-refractivity contribution is 5.83. The summed E-state index contributed by atoms with van der Waals surface area (Å²) in [5.41, 5.74) is 0. The average Bonchev–Trinajstić information content (AvgIpc) is 2.23. The third-order valence-corrected chi connectivity index (χ3v) is 3.28. The molecule has 0 bridgehead atoms. The molecule has 0 aromatic heterocycles. The molecule has 1 amide bonds. The highest BCUT2D eigenvalue weighted by atomic mass is 16.4. The van der Waals surface area contributed by atoms with Crippen molar-refractivity contribution in [1.82, 2.24) is 9.80 Å². The van der Waals surface area contributed by atoms with Gasteiger partial charge in [0.2, 0.25) is 5.91 Å². The van der Waals surface area contributed by atoms with Gasteiger partial charge < -0.3 is 10.0 Å². The Morgan fingerprint density at radius 3 is 2.69 bits per heavy atom. The Labute approximate surface area is 96.0 Å². The van der Waals surface area contributed by atoms with E-state index in [0.717, 1.165) is 6.54 Å². The van der Waals surface area contributed by atoms with Crippen LogP contribution in [0.2, 0.25) is 0 Å². The summed E-state index contributed by atoms with van der Waals surface area (Å²) < 4.78 is 0. The van der Waals surface area contributed by atoms with Crippen LogP contribution in [0.15, 0.2) is 0 Å². The fraction of sp³-hybridized carbons (Fsp3) is 0.818. The molecule has 1 N–H and O–H groups in total. The number of hydrogen-bond acceptors (Lipinski definition) is 3. The van der Waals surface area contributed by atoms with E-state index >= 15 is 0 Å². The van der Waals surface area contributed by atoms with Crippen LogP contribution < -0.4 is 0 Å². The fourth-order valence-corrected chi connectivity index (χ4v) is 2.10. The van der Waals surface area contributed by atoms with Gasteiger partial charge in [0.05, 0.1) is 6.04 Å². The maximum atomic E-state index is 12.0. The molecule has 1 aliphatic heterocycles. The molecule has 92 valence electrons. The van der Waals surface area contributed by atoms with Crippen LogP contribution in [0.3, 0.4) is 0 Å². The number of amides is 1. The SMILES string of the molecule is CCN1CC(C)N(C)C(CCC(=O)O)C1=O. The van der Waals surface area contributed by atoms with E-state index in [1.807, 2.05) is 18.9 Å². The molecule has 5 nitrogen and oxygen atoms in total. The van der Waals surface area contributed by atoms with Gasteiger partial charge in [-0.25, -0.2) is 0 Å². The molecule has 0 aromatic carbocycles. The first-order valence-corrected chi connectivity index (χ1v) is 5.69. The highest BCUT2D eigenvalue weighted by Crippen LogP contribution is 2.18. The van der Waals surface area contributed by atoms with Crippen molar-refractivity contribution in [2.75, 3.05) is 20.1 Å². The van der Waals surface area contributed by atoms with Gasteiger partial charge in [-0.3, -0.25) is 14.5 Å². The Morgan fingerprint density at radius 1 is 1.56 bits per heavy atom. The summed E-state index contributed by atoms with van der Waals surface area (Å²) in [6.45, 7) is 5.43. The predicted octanol–water partition coefficient (Wildman–Crippen LogP) is 0.402. The number of aliphatic carboxylic acids is 1. The van der Waals surface area contributed by atoms with E-state index in [4.69, 9.17) is 5.11 Å². The van der Waals surface area contributed by atoms with E-state index in [1.165, 1.54) is 0 Å². The largest absolute Gasteiger partial charge is 0.481 e. The third-order valence-electron chi connectivity index (χ3n) is 3.28. The van der Waals surface area contributed by atoms with Crippen LogP contribution in [0.5, 0.6) is 0 Å². The maximum Gasteiger partial charge on any atom is 0.303 e. The minimum absolute atomic E-state index is 0.0466. The molecule has 1 fully saturated rings. The van der Waals surface area contributed by atoms with Crippen LogP contribution in [-0.4, -0.2) is 59.0 Å². The van der Waals surface area contributed by atoms with Gasteiger partial charge in [-0.15, -0.1) is 0 Å². The van der Waals surface area contributed by atoms with E-state index in [2.05, 4.69) is 6.92 Å². The van der Waals surface area contributed by atoms with Gasteiger partial charge in [0.25, 0.3) is 0 Å². The van der Waals surface area contributed by atoms with Crippen molar-refractivity contribution in [3.05, 3.63) is 0 Å². The summed E-state index contributed by atoms with van der Waals surface area (Å²) in [5, 5.41) is 8.66. The number of nitrogens with zero attached hydrogens (tertiary/aromatic N) is 2. The normalized spacial score (nSPS) is 27.2. The number of carboxylic acids is 1. The summed E-state index contributed by atoms with van der Waals surface area (Å²) in [4.78, 5) is 26.3. The van der Waals surface area contributed by atoms with Crippen molar-refractivity contribution >= 4 is 11.9 Å². The van der Waals surface area contributed by atoms with E-state index in [1.54, 1.807) is 4.90 Å². The number of carboxylic acid groups (broad SMARTS) is 1. The highest BCUT2D eigenvalue weighted by Gasteiger charge is 2.35. The molecule has 0 spiro atoms. The van der Waals surface area contributed by atoms with Gasteiger partial charge in [-0.2, -0.15) is 0 Å². The van der Waals surface area contributed by atoms with Crippen LogP contribution in [0.4, 0.5) is 0 Å². The van der Waals surface area contributed by atoms with Crippen LogP contribution in [-0.2, 0) is 9.59 Å². The first kappa shape index (κ1) is 13.0. The van der Waals surface area contributed by atoms with Crippen LogP contribution in [0, 0.1) is 0 Å². The molecule has 2 unspecified atom stereocenters. The van der Waals surface area contributed by atoms with E-state index in [-0.39, 0.29) is 24.4 Å². The molecular formula is C11H20N2O3. The topological polar surface area (TPSA) is 60.9 Å². The molecule has 1 rings (SSSR count). The predicted molar refractivity (Wildman–Crippen MR) is 60.1 cm³/mol. The molecule has 0 saturated carbocycles. The van der Waals surface area contributed by atoms with Crippen molar-refractivity contribution in [3.8, 4) is 0 Å². The van der Waals surface area contributed by atoms with E-state index < -0.39 is 5.97 Å². The molecular weight excluding hydrogens is 208 g/mol. The molecule has 0 aliphatic carbocycles. The monoisotopic (exact) mass is 228 g/mol. The van der Waals surface area contributed by atoms with Crippen molar-refractivity contribution < 1.29 is 14.7 Å². The zero-order chi connectivity index (χ0) is 12.3. The van der Waals surface area contributed by atoms with Crippen LogP contribution >= 0.6 is 0 Å². The number of hydrogen-bond donors (Lipinski definition) is 1. The summed E-state index contributed by atoms with van der Waals surface area (Å²) in [7, 11) is 1.89. The van der Waals surface area contributed by atoms with E-state index in [9.17, 15) is 9.59 Å². The Bertz CT molecular complexity index is 280. The van der Waals surface area contributed by atoms with Crippen molar-refractivity contribution in [1.29, 1.82) is 0 Å². The third kappa shape index (κ3) is 2.72. The maximum absolute atomic E-state index is 12.0. The minimum Gasteiger partial charge on any atom is -0.481 e. The molecule has 2 atom stereocenters. The second-order valence-electron chi connectivity index (χ2n) is 4.34. The lowest BCUT2D eigenvalue weighted by molar-refractivity contribution is -0.144. The molecule has 1 aliphatic rings. The molecule has 1 heterocycles. The number of likely N-dealkylation sites (N-methyl/N-ethyl adjacent to an activating group) is 2. The lowest BCUT2D eigenvalue weighted by atomic mass is 10.0. The van der Waals surface area contributed by atoms with Gasteiger partial charge in [0, 0.05) is 25.6 Å². The zero-order valence-electron chi connectivity index (χ0n) is 10.1. The smallest absolute Gasteiger partial charge is 0.303 e. The summed E-state index contributed by atoms with van der Waals surface area (Å²) in [6.07, 6.45) is 0.441.